The van der Waals surface area contributed by atoms with Crippen LogP contribution in [0.15, 0.2) is 0 Å². The van der Waals surface area contributed by atoms with Crippen LogP contribution in [0.5, 0.6) is 0 Å². The van der Waals surface area contributed by atoms with Crippen molar-refractivity contribution in [3.05, 3.63) is 17.0 Å². The fourth-order valence-corrected chi connectivity index (χ4v) is 3.84. The maximum absolute atomic E-state index is 13.1. The summed E-state index contributed by atoms with van der Waals surface area (Å²) in [6.45, 7) is 9.20. The molecule has 0 aliphatic carbocycles. The average molecular weight is 335 g/mol. The summed E-state index contributed by atoms with van der Waals surface area (Å²) < 4.78 is 13.1. The maximum atomic E-state index is 13.1. The topological polar surface area (TPSA) is 56.6 Å². The smallest absolute Gasteiger partial charge is 0.272 e. The number of aryl methyl sites for hydroxylation is 1. The highest BCUT2D eigenvalue weighted by molar-refractivity contribution is 5.94. The van der Waals surface area contributed by atoms with Crippen LogP contribution in [0.1, 0.15) is 61.5 Å². The normalized spacial score (nSPS) is 24.7. The number of amides is 1. The molecule has 1 amide bonds. The van der Waals surface area contributed by atoms with E-state index in [1.807, 2.05) is 30.5 Å². The van der Waals surface area contributed by atoms with Gasteiger partial charge in [0.25, 0.3) is 5.91 Å². The molecule has 6 nitrogen and oxygen atoms in total. The Morgan fingerprint density at radius 3 is 2.71 bits per heavy atom. The van der Waals surface area contributed by atoms with Gasteiger partial charge >= 0.3 is 0 Å². The summed E-state index contributed by atoms with van der Waals surface area (Å²) in [5.74, 6) is 0.612. The second-order valence-corrected chi connectivity index (χ2v) is 7.06. The zero-order valence-corrected chi connectivity index (χ0v) is 15.2. The molecule has 0 radical (unpaired) electrons. The summed E-state index contributed by atoms with van der Waals surface area (Å²) in [6, 6.07) is 0. The van der Waals surface area contributed by atoms with E-state index in [0.717, 1.165) is 56.0 Å². The summed E-state index contributed by atoms with van der Waals surface area (Å²) in [6.07, 6.45) is 2.89. The van der Waals surface area contributed by atoms with E-state index in [9.17, 15) is 4.79 Å². The number of hydrogen-bond acceptors (Lipinski definition) is 4. The van der Waals surface area contributed by atoms with E-state index in [1.54, 1.807) is 0 Å². The molecule has 1 saturated heterocycles. The average Bonchev–Trinajstić information content (AvgIpc) is 2.93. The fraction of sp³-hybridized carbons (Fsp3) is 0.778. The summed E-state index contributed by atoms with van der Waals surface area (Å²) >= 11 is 0. The van der Waals surface area contributed by atoms with Crippen molar-refractivity contribution in [1.82, 2.24) is 14.7 Å². The van der Waals surface area contributed by atoms with Gasteiger partial charge in [0.2, 0.25) is 0 Å². The molecule has 2 aliphatic heterocycles. The Morgan fingerprint density at radius 2 is 2.04 bits per heavy atom. The van der Waals surface area contributed by atoms with Crippen molar-refractivity contribution >= 4 is 5.91 Å². The van der Waals surface area contributed by atoms with Crippen molar-refractivity contribution in [2.45, 2.75) is 58.8 Å². The van der Waals surface area contributed by atoms with Crippen molar-refractivity contribution in [1.29, 1.82) is 0 Å². The molecule has 1 aromatic heterocycles. The second-order valence-electron chi connectivity index (χ2n) is 7.06. The second kappa shape index (κ2) is 7.23. The zero-order valence-electron chi connectivity index (χ0n) is 15.2. The molecule has 2 aliphatic rings. The predicted molar refractivity (Wildman–Crippen MR) is 91.1 cm³/mol. The summed E-state index contributed by atoms with van der Waals surface area (Å²) in [5, 5.41) is 4.66. The van der Waals surface area contributed by atoms with Crippen molar-refractivity contribution in [3.8, 4) is 0 Å². The minimum absolute atomic E-state index is 0.0519. The molecule has 2 atom stereocenters. The van der Waals surface area contributed by atoms with Crippen LogP contribution in [0.3, 0.4) is 0 Å². The van der Waals surface area contributed by atoms with Crippen molar-refractivity contribution in [3.63, 3.8) is 0 Å². The Hall–Kier alpha value is -1.40. The molecule has 1 aromatic rings. The van der Waals surface area contributed by atoms with E-state index in [1.165, 1.54) is 0 Å². The van der Waals surface area contributed by atoms with Crippen molar-refractivity contribution < 1.29 is 14.3 Å². The molecule has 24 heavy (non-hydrogen) atoms. The van der Waals surface area contributed by atoms with E-state index in [0.29, 0.717) is 12.5 Å². The van der Waals surface area contributed by atoms with Gasteiger partial charge in [-0.05, 0) is 39.5 Å². The van der Waals surface area contributed by atoms with Gasteiger partial charge in [-0.2, -0.15) is 5.10 Å². The van der Waals surface area contributed by atoms with Crippen LogP contribution in [0.2, 0.25) is 0 Å². The first-order chi connectivity index (χ1) is 11.5. The van der Waals surface area contributed by atoms with E-state index < -0.39 is 0 Å². The van der Waals surface area contributed by atoms with Gasteiger partial charge in [-0.15, -0.1) is 0 Å². The van der Waals surface area contributed by atoms with Gasteiger partial charge in [-0.3, -0.25) is 9.48 Å². The summed E-state index contributed by atoms with van der Waals surface area (Å²) in [4.78, 5) is 15.0. The van der Waals surface area contributed by atoms with Crippen LogP contribution in [0.25, 0.3) is 0 Å². The first kappa shape index (κ1) is 17.4. The molecule has 3 heterocycles. The third kappa shape index (κ3) is 3.35. The Kier molecular flexibility index (Phi) is 5.25. The maximum Gasteiger partial charge on any atom is 0.272 e. The third-order valence-electron chi connectivity index (χ3n) is 5.12. The monoisotopic (exact) mass is 335 g/mol. The van der Waals surface area contributed by atoms with Gasteiger partial charge in [0.15, 0.2) is 0 Å². The number of ether oxygens (including phenoxy) is 2. The van der Waals surface area contributed by atoms with Crippen molar-refractivity contribution in [2.75, 3.05) is 26.8 Å². The minimum Gasteiger partial charge on any atom is -0.381 e. The SMILES string of the molecule is CCn1nc2c(c1C(=O)N(C)CC1CCOCC1)C[C@H](C)O[C@@H]2C. The Balaban J connectivity index is 1.83. The lowest BCUT2D eigenvalue weighted by atomic mass is 9.98. The molecule has 0 spiro atoms. The number of nitrogens with zero attached hydrogens (tertiary/aromatic N) is 3. The van der Waals surface area contributed by atoms with Gasteiger partial charge in [-0.25, -0.2) is 0 Å². The fourth-order valence-electron chi connectivity index (χ4n) is 3.84. The first-order valence-electron chi connectivity index (χ1n) is 9.09. The lowest BCUT2D eigenvalue weighted by molar-refractivity contribution is -0.00717. The van der Waals surface area contributed by atoms with Crippen molar-refractivity contribution in [2.24, 2.45) is 5.92 Å². The number of fused-ring (bicyclic) bond motifs is 1. The lowest BCUT2D eigenvalue weighted by Crippen LogP contribution is -2.36. The predicted octanol–water partition coefficient (Wildman–Crippen LogP) is 2.42. The van der Waals surface area contributed by atoms with E-state index >= 15 is 0 Å². The van der Waals surface area contributed by atoms with Gasteiger partial charge in [-0.1, -0.05) is 0 Å². The van der Waals surface area contributed by atoms with E-state index in [4.69, 9.17) is 9.47 Å². The highest BCUT2D eigenvalue weighted by Crippen LogP contribution is 2.32. The van der Waals surface area contributed by atoms with Crippen LogP contribution < -0.4 is 0 Å². The number of hydrogen-bond donors (Lipinski definition) is 0. The van der Waals surface area contributed by atoms with Crippen LogP contribution in [-0.4, -0.2) is 53.5 Å². The highest BCUT2D eigenvalue weighted by Gasteiger charge is 2.33. The Labute approximate surface area is 144 Å². The quantitative estimate of drug-likeness (QED) is 0.848. The van der Waals surface area contributed by atoms with Gasteiger partial charge in [0, 0.05) is 45.3 Å². The first-order valence-corrected chi connectivity index (χ1v) is 9.09. The number of carbonyl (C=O) groups is 1. The summed E-state index contributed by atoms with van der Waals surface area (Å²) in [7, 11) is 1.91. The molecule has 1 fully saturated rings. The van der Waals surface area contributed by atoms with Crippen LogP contribution in [0, 0.1) is 5.92 Å². The molecule has 3 rings (SSSR count). The van der Waals surface area contributed by atoms with Crippen LogP contribution in [0.4, 0.5) is 0 Å². The highest BCUT2D eigenvalue weighted by atomic mass is 16.5. The minimum atomic E-state index is -0.0519. The molecule has 0 unspecified atom stereocenters. The molecule has 0 N–H and O–H groups in total. The third-order valence-corrected chi connectivity index (χ3v) is 5.12. The molecule has 134 valence electrons. The van der Waals surface area contributed by atoms with E-state index in [-0.39, 0.29) is 18.1 Å². The standard InChI is InChI=1S/C18H29N3O3/c1-5-21-17(15-10-12(2)24-13(3)16(15)19-21)18(22)20(4)11-14-6-8-23-9-7-14/h12-14H,5-11H2,1-4H3/t12-,13+/m0/s1. The van der Waals surface area contributed by atoms with Gasteiger partial charge in [0.05, 0.1) is 17.9 Å². The lowest BCUT2D eigenvalue weighted by Gasteiger charge is -2.28. The largest absolute Gasteiger partial charge is 0.381 e. The summed E-state index contributed by atoms with van der Waals surface area (Å²) in [5.41, 5.74) is 2.76. The Morgan fingerprint density at radius 1 is 1.33 bits per heavy atom. The Bertz CT molecular complexity index is 593. The van der Waals surface area contributed by atoms with Crippen LogP contribution >= 0.6 is 0 Å². The molecule has 6 heteroatoms. The number of aromatic nitrogens is 2. The molecule has 0 bridgehead atoms. The molecule has 0 aromatic carbocycles. The number of rotatable bonds is 4. The zero-order chi connectivity index (χ0) is 17.3. The molecular formula is C18H29N3O3. The molecule has 0 saturated carbocycles. The van der Waals surface area contributed by atoms with Gasteiger partial charge in [0.1, 0.15) is 5.69 Å². The molecular weight excluding hydrogens is 306 g/mol. The van der Waals surface area contributed by atoms with Crippen LogP contribution in [-0.2, 0) is 22.4 Å². The number of carbonyl (C=O) groups excluding carboxylic acids is 1. The van der Waals surface area contributed by atoms with Gasteiger partial charge < -0.3 is 14.4 Å². The van der Waals surface area contributed by atoms with E-state index in [2.05, 4.69) is 12.0 Å².